The van der Waals surface area contributed by atoms with Gasteiger partial charge in [0, 0.05) is 5.56 Å². The van der Waals surface area contributed by atoms with E-state index in [1.165, 1.54) is 23.0 Å². The van der Waals surface area contributed by atoms with Crippen molar-refractivity contribution < 1.29 is 28.5 Å². The number of allylic oxidation sites excluding steroid dienone is 1. The lowest BCUT2D eigenvalue weighted by molar-refractivity contribution is -0.143. The van der Waals surface area contributed by atoms with E-state index in [-0.39, 0.29) is 30.5 Å². The molecule has 0 fully saturated rings. The summed E-state index contributed by atoms with van der Waals surface area (Å²) in [5.74, 6) is 0.0318. The van der Waals surface area contributed by atoms with E-state index in [4.69, 9.17) is 14.2 Å². The van der Waals surface area contributed by atoms with Gasteiger partial charge in [0.15, 0.2) is 11.4 Å². The van der Waals surface area contributed by atoms with E-state index in [9.17, 15) is 14.4 Å². The average molecular weight is 755 g/mol. The van der Waals surface area contributed by atoms with Crippen LogP contribution in [-0.4, -0.2) is 42.9 Å². The molecule has 0 aliphatic carbocycles. The van der Waals surface area contributed by atoms with Gasteiger partial charge < -0.3 is 18.9 Å². The third kappa shape index (κ3) is 6.75. The van der Waals surface area contributed by atoms with Gasteiger partial charge in [0.05, 0.1) is 43.7 Å². The number of para-hydroxylation sites is 1. The number of ether oxygens (including phenoxy) is 4. The molecule has 0 saturated heterocycles. The van der Waals surface area contributed by atoms with Gasteiger partial charge in [-0.3, -0.25) is 9.36 Å². The number of methoxy groups -OCH3 is 1. The Kier molecular flexibility index (Phi) is 10.1. The van der Waals surface area contributed by atoms with Crippen molar-refractivity contribution in [3.8, 4) is 11.5 Å². The summed E-state index contributed by atoms with van der Waals surface area (Å²) >= 11 is 6.84. The quantitative estimate of drug-likeness (QED) is 0.234. The lowest BCUT2D eigenvalue weighted by Crippen LogP contribution is -2.40. The average Bonchev–Trinajstić information content (AvgIpc) is 3.21. The number of thiazole rings is 1. The van der Waals surface area contributed by atoms with Crippen molar-refractivity contribution in [3.05, 3.63) is 86.5 Å². The van der Waals surface area contributed by atoms with Crippen LogP contribution in [-0.2, 0) is 19.1 Å². The fraction of sp³-hybridized carbons (Fsp3) is 0.310. The largest absolute Gasteiger partial charge is 0.491 e. The van der Waals surface area contributed by atoms with Crippen molar-refractivity contribution in [2.75, 3.05) is 20.3 Å². The third-order valence-corrected chi connectivity index (χ3v) is 8.35. The second-order valence-electron chi connectivity index (χ2n) is 9.19. The summed E-state index contributed by atoms with van der Waals surface area (Å²) in [6, 6.07) is 10.2. The molecule has 1 aromatic heterocycles. The van der Waals surface area contributed by atoms with Crippen molar-refractivity contribution >= 4 is 67.9 Å². The zero-order valence-corrected chi connectivity index (χ0v) is 27.6. The number of hydrogen-bond donors (Lipinski definition) is 0. The highest BCUT2D eigenvalue weighted by atomic mass is 127. The summed E-state index contributed by atoms with van der Waals surface area (Å²) < 4.78 is 25.0. The number of rotatable bonds is 9. The first-order valence-corrected chi connectivity index (χ1v) is 15.4. The molecule has 216 valence electrons. The number of aromatic nitrogens is 1. The van der Waals surface area contributed by atoms with Gasteiger partial charge in [0.2, 0.25) is 0 Å². The smallest absolute Gasteiger partial charge is 0.343 e. The molecule has 0 saturated carbocycles. The maximum Gasteiger partial charge on any atom is 0.343 e. The minimum absolute atomic E-state index is 0.122. The lowest BCUT2D eigenvalue weighted by Gasteiger charge is -2.26. The number of nitrogens with zero attached hydrogens (tertiary/aromatic N) is 2. The van der Waals surface area contributed by atoms with Crippen molar-refractivity contribution in [2.24, 2.45) is 4.99 Å². The molecule has 4 rings (SSSR count). The highest BCUT2D eigenvalue weighted by molar-refractivity contribution is 14.1. The van der Waals surface area contributed by atoms with Crippen LogP contribution in [0.3, 0.4) is 0 Å². The number of esters is 2. The fourth-order valence-electron chi connectivity index (χ4n) is 4.30. The first-order chi connectivity index (χ1) is 19.5. The number of benzene rings is 2. The summed E-state index contributed by atoms with van der Waals surface area (Å²) in [4.78, 5) is 43.8. The van der Waals surface area contributed by atoms with Crippen LogP contribution >= 0.6 is 49.9 Å². The summed E-state index contributed by atoms with van der Waals surface area (Å²) in [6.07, 6.45) is 1.64. The maximum absolute atomic E-state index is 14.0. The SMILES string of the molecule is CCOC(=O)C1=C(C)N=c2s/c(=C/c3cc(Br)c(OCC(=O)OC)c(I)c3)c(=O)n2[C@H]1c1ccccc1OC(C)C. The monoisotopic (exact) mass is 754 g/mol. The Bertz CT molecular complexity index is 1690. The van der Waals surface area contributed by atoms with E-state index in [1.54, 1.807) is 26.0 Å². The predicted octanol–water partition coefficient (Wildman–Crippen LogP) is 4.50. The van der Waals surface area contributed by atoms with Gasteiger partial charge in [-0.15, -0.1) is 0 Å². The van der Waals surface area contributed by atoms with Crippen LogP contribution in [0.5, 0.6) is 11.5 Å². The van der Waals surface area contributed by atoms with Crippen LogP contribution in [0.4, 0.5) is 0 Å². The number of carbonyl (C=O) groups is 2. The van der Waals surface area contributed by atoms with Gasteiger partial charge in [-0.1, -0.05) is 29.5 Å². The topological polar surface area (TPSA) is 105 Å². The first-order valence-electron chi connectivity index (χ1n) is 12.7. The van der Waals surface area contributed by atoms with Gasteiger partial charge >= 0.3 is 11.9 Å². The molecule has 2 aromatic carbocycles. The second kappa shape index (κ2) is 13.3. The second-order valence-corrected chi connectivity index (χ2v) is 12.2. The third-order valence-electron chi connectivity index (χ3n) is 5.97. The van der Waals surface area contributed by atoms with E-state index in [1.807, 2.05) is 44.2 Å². The standard InChI is InChI=1S/C29H28BrIN2O7S/c1-6-38-28(36)24-16(4)32-29-33(25(24)18-9-7-8-10-21(18)40-15(2)3)27(35)22(41-29)13-17-11-19(30)26(20(31)12-17)39-14-23(34)37-5/h7-13,15,25H,6,14H2,1-5H3/b22-13+/t25-/m0/s1. The van der Waals surface area contributed by atoms with Crippen molar-refractivity contribution in [1.29, 1.82) is 0 Å². The molecule has 0 amide bonds. The molecule has 0 unspecified atom stereocenters. The summed E-state index contributed by atoms with van der Waals surface area (Å²) in [7, 11) is 1.29. The van der Waals surface area contributed by atoms with E-state index >= 15 is 0 Å². The van der Waals surface area contributed by atoms with Crippen LogP contribution in [0, 0.1) is 3.57 Å². The van der Waals surface area contributed by atoms with E-state index in [0.29, 0.717) is 36.6 Å². The van der Waals surface area contributed by atoms with Crippen LogP contribution in [0.25, 0.3) is 6.08 Å². The van der Waals surface area contributed by atoms with Gasteiger partial charge in [-0.25, -0.2) is 14.6 Å². The van der Waals surface area contributed by atoms with Crippen LogP contribution in [0.2, 0.25) is 0 Å². The Morgan fingerprint density at radius 3 is 2.63 bits per heavy atom. The van der Waals surface area contributed by atoms with Crippen molar-refractivity contribution in [2.45, 2.75) is 39.8 Å². The van der Waals surface area contributed by atoms with Gasteiger partial charge in [0.1, 0.15) is 17.5 Å². The highest BCUT2D eigenvalue weighted by Gasteiger charge is 2.35. The zero-order chi connectivity index (χ0) is 29.8. The Morgan fingerprint density at radius 2 is 1.98 bits per heavy atom. The molecule has 0 N–H and O–H groups in total. The number of carbonyl (C=O) groups excluding carboxylic acids is 2. The van der Waals surface area contributed by atoms with Crippen molar-refractivity contribution in [3.63, 3.8) is 0 Å². The zero-order valence-electron chi connectivity index (χ0n) is 23.0. The summed E-state index contributed by atoms with van der Waals surface area (Å²) in [5, 5.41) is 0. The van der Waals surface area contributed by atoms with Crippen molar-refractivity contribution in [1.82, 2.24) is 4.57 Å². The predicted molar refractivity (Wildman–Crippen MR) is 167 cm³/mol. The fourth-order valence-corrected chi connectivity index (χ4v) is 7.11. The maximum atomic E-state index is 14.0. The molecule has 41 heavy (non-hydrogen) atoms. The van der Waals surface area contributed by atoms with Crippen LogP contribution < -0.4 is 24.4 Å². The summed E-state index contributed by atoms with van der Waals surface area (Å²) in [5.41, 5.74) is 1.86. The Balaban J connectivity index is 1.88. The van der Waals surface area contributed by atoms with Gasteiger partial charge in [0.25, 0.3) is 5.56 Å². The highest BCUT2D eigenvalue weighted by Crippen LogP contribution is 2.36. The number of halogens is 2. The molecule has 0 radical (unpaired) electrons. The molecule has 3 aromatic rings. The molecule has 2 heterocycles. The first kappa shape index (κ1) is 31.0. The number of fused-ring (bicyclic) bond motifs is 1. The molecule has 12 heteroatoms. The Hall–Kier alpha value is -2.97. The molecule has 0 bridgehead atoms. The van der Waals surface area contributed by atoms with Crippen LogP contribution in [0.15, 0.2) is 61.9 Å². The Morgan fingerprint density at radius 1 is 1.24 bits per heavy atom. The molecule has 9 nitrogen and oxygen atoms in total. The number of hydrogen-bond acceptors (Lipinski definition) is 9. The van der Waals surface area contributed by atoms with E-state index in [2.05, 4.69) is 48.3 Å². The van der Waals surface area contributed by atoms with Crippen LogP contribution in [0.1, 0.15) is 44.9 Å². The van der Waals surface area contributed by atoms with Gasteiger partial charge in [-0.2, -0.15) is 0 Å². The Labute approximate surface area is 262 Å². The van der Waals surface area contributed by atoms with Gasteiger partial charge in [-0.05, 0) is 96.1 Å². The molecule has 0 spiro atoms. The molecular formula is C29H28BrIN2O7S. The van der Waals surface area contributed by atoms with E-state index in [0.717, 1.165) is 9.13 Å². The molecule has 1 atom stereocenters. The molecule has 1 aliphatic heterocycles. The lowest BCUT2D eigenvalue weighted by atomic mass is 9.95. The molecule has 1 aliphatic rings. The van der Waals surface area contributed by atoms with E-state index < -0.39 is 18.0 Å². The minimum atomic E-state index is -0.789. The molecular weight excluding hydrogens is 727 g/mol. The minimum Gasteiger partial charge on any atom is -0.491 e. The summed E-state index contributed by atoms with van der Waals surface area (Å²) in [6.45, 7) is 7.27. The normalized spacial score (nSPS) is 14.9.